The number of fused-ring (bicyclic) bond motifs is 3. The largest absolute Gasteiger partial charge is 0.300 e. The van der Waals surface area contributed by atoms with Crippen LogP contribution in [0, 0.1) is 0 Å². The standard InChI is InChI=1S/C10H12N4O2S/c1-17(15,16)13-4-2-8-9(7-13)14-5-3-11-6-10(14)12-8/h3,5-6H,2,4,7H2,1H3. The molecular formula is C10H12N4O2S. The van der Waals surface area contributed by atoms with Crippen LogP contribution < -0.4 is 0 Å². The lowest BCUT2D eigenvalue weighted by Gasteiger charge is -2.24. The summed E-state index contributed by atoms with van der Waals surface area (Å²) in [6.45, 7) is 0.891. The van der Waals surface area contributed by atoms with Gasteiger partial charge >= 0.3 is 0 Å². The molecule has 2 aromatic rings. The molecule has 0 aliphatic carbocycles. The minimum atomic E-state index is -3.14. The third kappa shape index (κ3) is 1.71. The van der Waals surface area contributed by atoms with Crippen molar-refractivity contribution in [3.63, 3.8) is 0 Å². The van der Waals surface area contributed by atoms with Crippen molar-refractivity contribution >= 4 is 15.7 Å². The molecule has 6 nitrogen and oxygen atoms in total. The Labute approximate surface area is 99.0 Å². The molecule has 0 unspecified atom stereocenters. The molecule has 0 aromatic carbocycles. The third-order valence-electron chi connectivity index (χ3n) is 3.01. The van der Waals surface area contributed by atoms with Gasteiger partial charge in [-0.2, -0.15) is 4.31 Å². The van der Waals surface area contributed by atoms with Crippen molar-refractivity contribution in [2.24, 2.45) is 0 Å². The summed E-state index contributed by atoms with van der Waals surface area (Å²) in [7, 11) is -3.14. The minimum absolute atomic E-state index is 0.388. The summed E-state index contributed by atoms with van der Waals surface area (Å²) in [5.41, 5.74) is 2.69. The van der Waals surface area contributed by atoms with Crippen LogP contribution in [0.1, 0.15) is 11.4 Å². The fraction of sp³-hybridized carbons (Fsp3) is 0.400. The first-order chi connectivity index (χ1) is 8.05. The summed E-state index contributed by atoms with van der Waals surface area (Å²) >= 11 is 0. The van der Waals surface area contributed by atoms with E-state index in [1.807, 2.05) is 10.6 Å². The molecule has 0 saturated heterocycles. The van der Waals surface area contributed by atoms with Crippen LogP contribution in [-0.2, 0) is 23.0 Å². The quantitative estimate of drug-likeness (QED) is 0.719. The molecule has 1 aliphatic rings. The average Bonchev–Trinajstić information content (AvgIpc) is 2.65. The summed E-state index contributed by atoms with van der Waals surface area (Å²) in [6, 6.07) is 0. The zero-order valence-corrected chi connectivity index (χ0v) is 10.2. The lowest BCUT2D eigenvalue weighted by Crippen LogP contribution is -2.35. The highest BCUT2D eigenvalue weighted by atomic mass is 32.2. The van der Waals surface area contributed by atoms with Gasteiger partial charge < -0.3 is 0 Å². The van der Waals surface area contributed by atoms with Gasteiger partial charge in [0.25, 0.3) is 0 Å². The molecule has 0 fully saturated rings. The van der Waals surface area contributed by atoms with E-state index in [9.17, 15) is 8.42 Å². The Morgan fingerprint density at radius 1 is 1.41 bits per heavy atom. The Kier molecular flexibility index (Phi) is 2.20. The second kappa shape index (κ2) is 3.51. The molecular weight excluding hydrogens is 240 g/mol. The Morgan fingerprint density at radius 2 is 2.24 bits per heavy atom. The van der Waals surface area contributed by atoms with E-state index in [0.717, 1.165) is 17.0 Å². The maximum absolute atomic E-state index is 11.5. The normalized spacial score (nSPS) is 17.2. The van der Waals surface area contributed by atoms with Gasteiger partial charge in [-0.1, -0.05) is 0 Å². The second-order valence-corrected chi connectivity index (χ2v) is 6.14. The maximum atomic E-state index is 11.5. The first kappa shape index (κ1) is 10.7. The van der Waals surface area contributed by atoms with Crippen LogP contribution in [0.4, 0.5) is 0 Å². The third-order valence-corrected chi connectivity index (χ3v) is 4.25. The fourth-order valence-corrected chi connectivity index (χ4v) is 2.91. The van der Waals surface area contributed by atoms with Gasteiger partial charge in [-0.3, -0.25) is 9.38 Å². The average molecular weight is 252 g/mol. The lowest BCUT2D eigenvalue weighted by molar-refractivity contribution is 0.387. The fourth-order valence-electron chi connectivity index (χ4n) is 2.13. The van der Waals surface area contributed by atoms with Gasteiger partial charge in [0, 0.05) is 25.4 Å². The molecule has 7 heteroatoms. The second-order valence-electron chi connectivity index (χ2n) is 4.16. The molecule has 0 spiro atoms. The number of imidazole rings is 1. The highest BCUT2D eigenvalue weighted by Gasteiger charge is 2.26. The molecule has 3 heterocycles. The molecule has 0 saturated carbocycles. The number of sulfonamides is 1. The van der Waals surface area contributed by atoms with Crippen LogP contribution in [0.2, 0.25) is 0 Å². The summed E-state index contributed by atoms with van der Waals surface area (Å²) in [6.07, 6.45) is 7.07. The topological polar surface area (TPSA) is 67.6 Å². The highest BCUT2D eigenvalue weighted by molar-refractivity contribution is 7.88. The Morgan fingerprint density at radius 3 is 3.00 bits per heavy atom. The van der Waals surface area contributed by atoms with Gasteiger partial charge in [-0.05, 0) is 0 Å². The van der Waals surface area contributed by atoms with Crippen LogP contribution in [0.15, 0.2) is 18.6 Å². The van der Waals surface area contributed by atoms with E-state index in [2.05, 4.69) is 9.97 Å². The van der Waals surface area contributed by atoms with Crippen molar-refractivity contribution in [3.8, 4) is 0 Å². The van der Waals surface area contributed by atoms with Gasteiger partial charge in [-0.15, -0.1) is 0 Å². The molecule has 0 amide bonds. The van der Waals surface area contributed by atoms with Crippen LogP contribution in [0.5, 0.6) is 0 Å². The predicted octanol–water partition coefficient (Wildman–Crippen LogP) is 0.0470. The van der Waals surface area contributed by atoms with Crippen molar-refractivity contribution in [3.05, 3.63) is 30.0 Å². The first-order valence-electron chi connectivity index (χ1n) is 5.30. The van der Waals surface area contributed by atoms with Crippen molar-refractivity contribution in [1.82, 2.24) is 18.7 Å². The van der Waals surface area contributed by atoms with Crippen molar-refractivity contribution < 1.29 is 8.42 Å². The molecule has 17 heavy (non-hydrogen) atoms. The van der Waals surface area contributed by atoms with Crippen LogP contribution in [0.25, 0.3) is 5.65 Å². The van der Waals surface area contributed by atoms with Crippen molar-refractivity contribution in [2.75, 3.05) is 12.8 Å². The van der Waals surface area contributed by atoms with Gasteiger partial charge in [0.1, 0.15) is 0 Å². The monoisotopic (exact) mass is 252 g/mol. The number of aromatic nitrogens is 3. The predicted molar refractivity (Wildman–Crippen MR) is 61.9 cm³/mol. The van der Waals surface area contributed by atoms with Gasteiger partial charge in [0.15, 0.2) is 5.65 Å². The number of rotatable bonds is 1. The molecule has 0 atom stereocenters. The Hall–Kier alpha value is -1.47. The van der Waals surface area contributed by atoms with Gasteiger partial charge in [0.2, 0.25) is 10.0 Å². The molecule has 0 bridgehead atoms. The molecule has 1 aliphatic heterocycles. The number of hydrogen-bond acceptors (Lipinski definition) is 4. The van der Waals surface area contributed by atoms with E-state index < -0.39 is 10.0 Å². The summed E-state index contributed by atoms with van der Waals surface area (Å²) < 4.78 is 26.5. The van der Waals surface area contributed by atoms with Gasteiger partial charge in [-0.25, -0.2) is 13.4 Å². The van der Waals surface area contributed by atoms with E-state index in [1.165, 1.54) is 10.6 Å². The SMILES string of the molecule is CS(=O)(=O)N1CCc2nc3cnccn3c2C1. The summed E-state index contributed by atoms with van der Waals surface area (Å²) in [4.78, 5) is 8.46. The van der Waals surface area contributed by atoms with E-state index in [4.69, 9.17) is 0 Å². The first-order valence-corrected chi connectivity index (χ1v) is 7.15. The molecule has 2 aromatic heterocycles. The van der Waals surface area contributed by atoms with E-state index in [0.29, 0.717) is 19.5 Å². The van der Waals surface area contributed by atoms with Crippen LogP contribution in [-0.4, -0.2) is 39.9 Å². The van der Waals surface area contributed by atoms with E-state index in [-0.39, 0.29) is 0 Å². The maximum Gasteiger partial charge on any atom is 0.211 e. The van der Waals surface area contributed by atoms with Crippen LogP contribution >= 0.6 is 0 Å². The zero-order chi connectivity index (χ0) is 12.0. The number of hydrogen-bond donors (Lipinski definition) is 0. The van der Waals surface area contributed by atoms with E-state index in [1.54, 1.807) is 12.4 Å². The Balaban J connectivity index is 2.12. The Bertz CT molecular complexity index is 677. The van der Waals surface area contributed by atoms with E-state index >= 15 is 0 Å². The van der Waals surface area contributed by atoms with Crippen LogP contribution in [0.3, 0.4) is 0 Å². The summed E-state index contributed by atoms with van der Waals surface area (Å²) in [5.74, 6) is 0. The van der Waals surface area contributed by atoms with Crippen molar-refractivity contribution in [1.29, 1.82) is 0 Å². The smallest absolute Gasteiger partial charge is 0.211 e. The van der Waals surface area contributed by atoms with Gasteiger partial charge in [0.05, 0.1) is 30.4 Å². The molecule has 0 radical (unpaired) electrons. The van der Waals surface area contributed by atoms with Crippen molar-refractivity contribution in [2.45, 2.75) is 13.0 Å². The molecule has 90 valence electrons. The lowest BCUT2D eigenvalue weighted by atomic mass is 10.2. The molecule has 0 N–H and O–H groups in total. The zero-order valence-electron chi connectivity index (χ0n) is 9.37. The minimum Gasteiger partial charge on any atom is -0.300 e. The highest BCUT2D eigenvalue weighted by Crippen LogP contribution is 2.21. The molecule has 3 rings (SSSR count). The number of nitrogens with zero attached hydrogens (tertiary/aromatic N) is 4. The summed E-state index contributed by atoms with van der Waals surface area (Å²) in [5, 5.41) is 0.